The molecule has 3 rings (SSSR count). The number of carbonyl (C=O) groups excluding carboxylic acids is 1. The van der Waals surface area contributed by atoms with Crippen LogP contribution in [0.3, 0.4) is 0 Å². The quantitative estimate of drug-likeness (QED) is 0.711. The van der Waals surface area contributed by atoms with E-state index < -0.39 is 15.9 Å². The second kappa shape index (κ2) is 6.05. The molecule has 0 aliphatic rings. The number of carbonyl (C=O) groups is 1. The molecule has 0 unspecified atom stereocenters. The SMILES string of the molecule is NC(=O)CSc1nc2ccccc2n1S(=O)(=O)c1ccccc1. The number of nitrogens with zero attached hydrogens (tertiary/aromatic N) is 2. The number of para-hydroxylation sites is 2. The smallest absolute Gasteiger partial charge is 0.270 e. The molecule has 0 atom stereocenters. The predicted molar refractivity (Wildman–Crippen MR) is 88.7 cm³/mol. The van der Waals surface area contributed by atoms with Crippen LogP contribution < -0.4 is 5.73 Å². The summed E-state index contributed by atoms with van der Waals surface area (Å²) in [6.07, 6.45) is 0. The van der Waals surface area contributed by atoms with Crippen molar-refractivity contribution in [3.63, 3.8) is 0 Å². The van der Waals surface area contributed by atoms with E-state index >= 15 is 0 Å². The van der Waals surface area contributed by atoms with Gasteiger partial charge in [-0.05, 0) is 24.3 Å². The minimum Gasteiger partial charge on any atom is -0.369 e. The summed E-state index contributed by atoms with van der Waals surface area (Å²) in [7, 11) is -3.82. The first-order valence-corrected chi connectivity index (χ1v) is 9.12. The van der Waals surface area contributed by atoms with Crippen LogP contribution in [0.1, 0.15) is 0 Å². The van der Waals surface area contributed by atoms with Crippen molar-refractivity contribution in [3.8, 4) is 0 Å². The maximum absolute atomic E-state index is 13.0. The molecule has 2 aromatic carbocycles. The molecule has 118 valence electrons. The van der Waals surface area contributed by atoms with Crippen LogP contribution in [-0.4, -0.2) is 29.0 Å². The molecular weight excluding hydrogens is 334 g/mol. The molecule has 8 heteroatoms. The second-order valence-electron chi connectivity index (χ2n) is 4.72. The van der Waals surface area contributed by atoms with Gasteiger partial charge in [0, 0.05) is 0 Å². The fourth-order valence-corrected chi connectivity index (χ4v) is 4.61. The van der Waals surface area contributed by atoms with E-state index in [1.165, 1.54) is 12.1 Å². The van der Waals surface area contributed by atoms with Crippen LogP contribution in [0.25, 0.3) is 11.0 Å². The lowest BCUT2D eigenvalue weighted by Crippen LogP contribution is -2.17. The maximum atomic E-state index is 13.0. The third-order valence-corrected chi connectivity index (χ3v) is 5.91. The number of hydrogen-bond acceptors (Lipinski definition) is 5. The fraction of sp³-hybridized carbons (Fsp3) is 0.0667. The van der Waals surface area contributed by atoms with Crippen molar-refractivity contribution in [2.24, 2.45) is 5.73 Å². The van der Waals surface area contributed by atoms with Crippen LogP contribution in [0.15, 0.2) is 64.6 Å². The molecule has 3 aromatic rings. The fourth-order valence-electron chi connectivity index (χ4n) is 2.14. The summed E-state index contributed by atoms with van der Waals surface area (Å²) in [4.78, 5) is 15.5. The molecule has 1 aromatic heterocycles. The molecule has 0 saturated carbocycles. The van der Waals surface area contributed by atoms with E-state index in [4.69, 9.17) is 5.73 Å². The molecule has 6 nitrogen and oxygen atoms in total. The minimum absolute atomic E-state index is 0.0480. The Morgan fingerprint density at radius 2 is 1.74 bits per heavy atom. The molecule has 0 spiro atoms. The number of hydrogen-bond donors (Lipinski definition) is 1. The van der Waals surface area contributed by atoms with Crippen LogP contribution in [0.4, 0.5) is 0 Å². The van der Waals surface area contributed by atoms with Gasteiger partial charge in [0.2, 0.25) is 5.91 Å². The Kier molecular flexibility index (Phi) is 4.10. The van der Waals surface area contributed by atoms with Gasteiger partial charge in [0.15, 0.2) is 5.16 Å². The average molecular weight is 347 g/mol. The van der Waals surface area contributed by atoms with Crippen LogP contribution in [0, 0.1) is 0 Å². The van der Waals surface area contributed by atoms with Gasteiger partial charge < -0.3 is 5.73 Å². The first-order valence-electron chi connectivity index (χ1n) is 6.69. The molecule has 0 aliphatic carbocycles. The first-order chi connectivity index (χ1) is 11.0. The third kappa shape index (κ3) is 2.95. The molecule has 2 N–H and O–H groups in total. The number of primary amides is 1. The number of imidazole rings is 1. The lowest BCUT2D eigenvalue weighted by atomic mass is 10.3. The van der Waals surface area contributed by atoms with Gasteiger partial charge in [0.1, 0.15) is 0 Å². The number of amides is 1. The molecular formula is C15H13N3O3S2. The van der Waals surface area contributed by atoms with Crippen molar-refractivity contribution in [3.05, 3.63) is 54.6 Å². The van der Waals surface area contributed by atoms with Gasteiger partial charge in [0.05, 0.1) is 21.7 Å². The van der Waals surface area contributed by atoms with Gasteiger partial charge in [-0.25, -0.2) is 17.4 Å². The zero-order valence-electron chi connectivity index (χ0n) is 11.9. The Morgan fingerprint density at radius 3 is 2.43 bits per heavy atom. The number of benzene rings is 2. The molecule has 1 heterocycles. The van der Waals surface area contributed by atoms with Crippen LogP contribution in [0.5, 0.6) is 0 Å². The highest BCUT2D eigenvalue weighted by atomic mass is 32.2. The number of rotatable bonds is 5. The van der Waals surface area contributed by atoms with Crippen molar-refractivity contribution in [1.82, 2.24) is 8.96 Å². The van der Waals surface area contributed by atoms with Crippen LogP contribution >= 0.6 is 11.8 Å². The van der Waals surface area contributed by atoms with Gasteiger partial charge in [-0.3, -0.25) is 4.79 Å². The molecule has 1 amide bonds. The van der Waals surface area contributed by atoms with E-state index in [9.17, 15) is 13.2 Å². The van der Waals surface area contributed by atoms with E-state index in [-0.39, 0.29) is 15.8 Å². The average Bonchev–Trinajstić information content (AvgIpc) is 2.93. The molecule has 0 radical (unpaired) electrons. The van der Waals surface area contributed by atoms with Crippen LogP contribution in [-0.2, 0) is 14.8 Å². The van der Waals surface area contributed by atoms with E-state index in [2.05, 4.69) is 4.98 Å². The standard InChI is InChI=1S/C15H13N3O3S2/c16-14(19)10-22-15-17-12-8-4-5-9-13(12)18(15)23(20,21)11-6-2-1-3-7-11/h1-9H,10H2,(H2,16,19). The summed E-state index contributed by atoms with van der Waals surface area (Å²) in [5, 5.41) is 0.217. The summed E-state index contributed by atoms with van der Waals surface area (Å²) in [5.74, 6) is -0.584. The third-order valence-electron chi connectivity index (χ3n) is 3.12. The maximum Gasteiger partial charge on any atom is 0.270 e. The highest BCUT2D eigenvalue weighted by molar-refractivity contribution is 8.00. The van der Waals surface area contributed by atoms with E-state index in [0.29, 0.717) is 11.0 Å². The Labute approximate surface area is 137 Å². The highest BCUT2D eigenvalue weighted by Gasteiger charge is 2.24. The van der Waals surface area contributed by atoms with Gasteiger partial charge >= 0.3 is 0 Å². The lowest BCUT2D eigenvalue weighted by Gasteiger charge is -2.09. The summed E-state index contributed by atoms with van der Waals surface area (Å²) in [6.45, 7) is 0. The molecule has 0 fully saturated rings. The summed E-state index contributed by atoms with van der Waals surface area (Å²) >= 11 is 1.00. The van der Waals surface area contributed by atoms with Crippen molar-refractivity contribution in [2.75, 3.05) is 5.75 Å². The number of fused-ring (bicyclic) bond motifs is 1. The van der Waals surface area contributed by atoms with Crippen LogP contribution in [0.2, 0.25) is 0 Å². The predicted octanol–water partition coefficient (Wildman–Crippen LogP) is 1.85. The lowest BCUT2D eigenvalue weighted by molar-refractivity contribution is -0.115. The number of nitrogens with two attached hydrogens (primary N) is 1. The summed E-state index contributed by atoms with van der Waals surface area (Å²) in [6, 6.07) is 15.0. The Bertz CT molecular complexity index is 966. The largest absolute Gasteiger partial charge is 0.369 e. The molecule has 0 saturated heterocycles. The zero-order chi connectivity index (χ0) is 16.4. The van der Waals surface area contributed by atoms with Crippen molar-refractivity contribution < 1.29 is 13.2 Å². The molecule has 0 bridgehead atoms. The normalized spacial score (nSPS) is 11.7. The Morgan fingerprint density at radius 1 is 1.09 bits per heavy atom. The number of aromatic nitrogens is 2. The van der Waals surface area contributed by atoms with Crippen molar-refractivity contribution >= 4 is 38.7 Å². The van der Waals surface area contributed by atoms with Gasteiger partial charge in [-0.15, -0.1) is 0 Å². The molecule has 23 heavy (non-hydrogen) atoms. The van der Waals surface area contributed by atoms with Gasteiger partial charge in [-0.2, -0.15) is 0 Å². The number of thioether (sulfide) groups is 1. The topological polar surface area (TPSA) is 95.1 Å². The Balaban J connectivity index is 2.22. The summed E-state index contributed by atoms with van der Waals surface area (Å²) < 4.78 is 27.1. The van der Waals surface area contributed by atoms with Gasteiger partial charge in [0.25, 0.3) is 10.0 Å². The first kappa shape index (κ1) is 15.6. The van der Waals surface area contributed by atoms with E-state index in [0.717, 1.165) is 15.7 Å². The second-order valence-corrected chi connectivity index (χ2v) is 7.45. The minimum atomic E-state index is -3.82. The zero-order valence-corrected chi connectivity index (χ0v) is 13.5. The summed E-state index contributed by atoms with van der Waals surface area (Å²) in [5.41, 5.74) is 6.16. The molecule has 0 aliphatic heterocycles. The monoisotopic (exact) mass is 347 g/mol. The van der Waals surface area contributed by atoms with Gasteiger partial charge in [-0.1, -0.05) is 42.1 Å². The van der Waals surface area contributed by atoms with E-state index in [1.807, 2.05) is 0 Å². The Hall–Kier alpha value is -2.32. The van der Waals surface area contributed by atoms with Crippen molar-refractivity contribution in [1.29, 1.82) is 0 Å². The van der Waals surface area contributed by atoms with E-state index in [1.54, 1.807) is 42.5 Å². The van der Waals surface area contributed by atoms with Crippen molar-refractivity contribution in [2.45, 2.75) is 10.1 Å². The highest BCUT2D eigenvalue weighted by Crippen LogP contribution is 2.28.